The number of benzene rings is 11. The minimum absolute atomic E-state index is 0.0693. The van der Waals surface area contributed by atoms with Gasteiger partial charge >= 0.3 is 0 Å². The summed E-state index contributed by atoms with van der Waals surface area (Å²) in [4.78, 5) is 2.44. The van der Waals surface area contributed by atoms with Gasteiger partial charge in [-0.15, -0.1) is 0 Å². The first kappa shape index (κ1) is 40.5. The fourth-order valence-corrected chi connectivity index (χ4v) is 11.3. The molecule has 0 saturated carbocycles. The van der Waals surface area contributed by atoms with Crippen LogP contribution in [0.3, 0.4) is 0 Å². The first-order chi connectivity index (χ1) is 34.0. The van der Waals surface area contributed by atoms with Crippen molar-refractivity contribution in [1.82, 2.24) is 4.57 Å². The van der Waals surface area contributed by atoms with Gasteiger partial charge in [0.25, 0.3) is 0 Å². The molecule has 0 amide bonds. The van der Waals surface area contributed by atoms with E-state index in [2.05, 4.69) is 278 Å². The van der Waals surface area contributed by atoms with Crippen molar-refractivity contribution in [2.24, 2.45) is 0 Å². The van der Waals surface area contributed by atoms with Crippen LogP contribution in [0, 0.1) is 0 Å². The summed E-state index contributed by atoms with van der Waals surface area (Å²) < 4.78 is 2.42. The van der Waals surface area contributed by atoms with E-state index >= 15 is 0 Å². The molecule has 2 heteroatoms. The molecule has 1 heterocycles. The maximum absolute atomic E-state index is 2.44. The normalized spacial score (nSPS) is 12.6. The molecule has 0 unspecified atom stereocenters. The average molecular weight is 881 g/mol. The Morgan fingerprint density at radius 3 is 1.65 bits per heavy atom. The molecule has 0 spiro atoms. The summed E-state index contributed by atoms with van der Waals surface area (Å²) in [5, 5.41) is 4.95. The van der Waals surface area contributed by atoms with Gasteiger partial charge in [-0.05, 0) is 121 Å². The molecule has 12 aromatic rings. The topological polar surface area (TPSA) is 8.17 Å². The first-order valence-corrected chi connectivity index (χ1v) is 24.0. The number of hydrogen-bond acceptors (Lipinski definition) is 1. The number of aromatic nitrogens is 1. The Morgan fingerprint density at radius 2 is 0.884 bits per heavy atom. The fourth-order valence-electron chi connectivity index (χ4n) is 11.3. The van der Waals surface area contributed by atoms with Gasteiger partial charge in [0.05, 0.1) is 16.7 Å². The van der Waals surface area contributed by atoms with Gasteiger partial charge in [0, 0.05) is 44.4 Å². The first-order valence-electron chi connectivity index (χ1n) is 24.0. The predicted molar refractivity (Wildman–Crippen MR) is 292 cm³/mol. The van der Waals surface area contributed by atoms with Crippen molar-refractivity contribution in [3.05, 3.63) is 266 Å². The molecule has 11 aromatic carbocycles. The van der Waals surface area contributed by atoms with Gasteiger partial charge in [0.2, 0.25) is 0 Å². The summed E-state index contributed by atoms with van der Waals surface area (Å²) in [6, 6.07) is 93.6. The zero-order valence-corrected chi connectivity index (χ0v) is 38.6. The SMILES string of the molecule is CC1(C)c2ccccc2-c2ccc(-c3ccc(N(c4ccc(-c5cccc6c7ccccc7n(-c7ccccc7)c56)cc4)c4ccccc4-c4cccc5cccc(-c6ccccc6)c45)cc3)cc21. The molecular formula is C67H48N2. The van der Waals surface area contributed by atoms with Crippen LogP contribution in [0.4, 0.5) is 17.1 Å². The molecule has 0 fully saturated rings. The lowest BCUT2D eigenvalue weighted by Crippen LogP contribution is -2.14. The average Bonchev–Trinajstić information content (AvgIpc) is 3.87. The minimum atomic E-state index is -0.0693. The standard InChI is InChI=1S/C67H48N2/c1-67(2)61-31-12-9-24-55(61)56-43-38-49(44-62(56)67)45-34-39-51(40-35-45)68(63-32-13-10-25-57(63)59-29-16-21-48-20-15-27-53(65(48)59)46-18-5-3-6-19-46)52-41-36-47(37-42-52)54-28-17-30-60-58-26-11-14-33-64(58)69(66(54)60)50-22-7-4-8-23-50/h3-44H,1-2H3. The molecule has 0 atom stereocenters. The van der Waals surface area contributed by atoms with Crippen molar-refractivity contribution in [3.63, 3.8) is 0 Å². The Bertz CT molecular complexity index is 3890. The van der Waals surface area contributed by atoms with E-state index in [1.54, 1.807) is 0 Å². The molecule has 1 aliphatic carbocycles. The molecule has 0 radical (unpaired) electrons. The molecule has 0 saturated heterocycles. The van der Waals surface area contributed by atoms with E-state index in [-0.39, 0.29) is 5.41 Å². The van der Waals surface area contributed by atoms with E-state index in [0.29, 0.717) is 0 Å². The molecule has 1 aromatic heterocycles. The van der Waals surface area contributed by atoms with E-state index in [1.165, 1.54) is 88.2 Å². The quantitative estimate of drug-likeness (QED) is 0.148. The second-order valence-corrected chi connectivity index (χ2v) is 18.8. The summed E-state index contributed by atoms with van der Waals surface area (Å²) in [6.45, 7) is 4.71. The minimum Gasteiger partial charge on any atom is -0.310 e. The van der Waals surface area contributed by atoms with Gasteiger partial charge in [-0.2, -0.15) is 0 Å². The number of fused-ring (bicyclic) bond motifs is 7. The van der Waals surface area contributed by atoms with Gasteiger partial charge in [0.15, 0.2) is 0 Å². The third-order valence-electron chi connectivity index (χ3n) is 14.6. The lowest BCUT2D eigenvalue weighted by atomic mass is 9.81. The van der Waals surface area contributed by atoms with E-state index in [9.17, 15) is 0 Å². The van der Waals surface area contributed by atoms with Gasteiger partial charge in [-0.1, -0.05) is 214 Å². The monoisotopic (exact) mass is 880 g/mol. The van der Waals surface area contributed by atoms with Crippen molar-refractivity contribution in [3.8, 4) is 61.3 Å². The van der Waals surface area contributed by atoms with E-state index < -0.39 is 0 Å². The Balaban J connectivity index is 0.971. The summed E-state index contributed by atoms with van der Waals surface area (Å²) >= 11 is 0. The number of rotatable bonds is 8. The van der Waals surface area contributed by atoms with Crippen LogP contribution in [0.25, 0.3) is 93.9 Å². The Morgan fingerprint density at radius 1 is 0.348 bits per heavy atom. The van der Waals surface area contributed by atoms with Crippen molar-refractivity contribution in [1.29, 1.82) is 0 Å². The Kier molecular flexibility index (Phi) is 9.55. The van der Waals surface area contributed by atoms with E-state index in [0.717, 1.165) is 33.9 Å². The van der Waals surface area contributed by atoms with Crippen molar-refractivity contribution in [2.75, 3.05) is 4.90 Å². The van der Waals surface area contributed by atoms with Crippen LogP contribution in [0.5, 0.6) is 0 Å². The van der Waals surface area contributed by atoms with Crippen molar-refractivity contribution < 1.29 is 0 Å². The molecule has 0 bridgehead atoms. The summed E-state index contributed by atoms with van der Waals surface area (Å²) in [5.41, 5.74) is 21.8. The van der Waals surface area contributed by atoms with Crippen LogP contribution in [-0.2, 0) is 5.41 Å². The van der Waals surface area contributed by atoms with Gasteiger partial charge in [-0.3, -0.25) is 0 Å². The number of hydrogen-bond donors (Lipinski definition) is 0. The second kappa shape index (κ2) is 16.3. The highest BCUT2D eigenvalue weighted by Crippen LogP contribution is 2.50. The maximum atomic E-state index is 2.44. The van der Waals surface area contributed by atoms with Crippen LogP contribution < -0.4 is 4.90 Å². The highest BCUT2D eigenvalue weighted by molar-refractivity contribution is 6.14. The van der Waals surface area contributed by atoms with Gasteiger partial charge in [0.1, 0.15) is 0 Å². The van der Waals surface area contributed by atoms with Gasteiger partial charge < -0.3 is 9.47 Å². The number of para-hydroxylation sites is 4. The summed E-state index contributed by atoms with van der Waals surface area (Å²) in [7, 11) is 0. The van der Waals surface area contributed by atoms with Crippen LogP contribution in [0.15, 0.2) is 255 Å². The molecule has 1 aliphatic rings. The van der Waals surface area contributed by atoms with Gasteiger partial charge in [-0.25, -0.2) is 0 Å². The zero-order valence-electron chi connectivity index (χ0n) is 38.6. The molecule has 0 N–H and O–H groups in total. The number of nitrogens with zero attached hydrogens (tertiary/aromatic N) is 2. The van der Waals surface area contributed by atoms with Crippen LogP contribution >= 0.6 is 0 Å². The molecule has 326 valence electrons. The Hall–Kier alpha value is -8.72. The molecule has 0 aliphatic heterocycles. The van der Waals surface area contributed by atoms with Crippen LogP contribution in [0.1, 0.15) is 25.0 Å². The van der Waals surface area contributed by atoms with Crippen LogP contribution in [-0.4, -0.2) is 4.57 Å². The third kappa shape index (κ3) is 6.63. The molecular weight excluding hydrogens is 833 g/mol. The zero-order chi connectivity index (χ0) is 46.1. The highest BCUT2D eigenvalue weighted by Gasteiger charge is 2.35. The molecule has 13 rings (SSSR count). The molecule has 69 heavy (non-hydrogen) atoms. The van der Waals surface area contributed by atoms with Crippen molar-refractivity contribution in [2.45, 2.75) is 19.3 Å². The summed E-state index contributed by atoms with van der Waals surface area (Å²) in [6.07, 6.45) is 0. The fraction of sp³-hybridized carbons (Fsp3) is 0.0448. The van der Waals surface area contributed by atoms with Crippen molar-refractivity contribution >= 4 is 49.6 Å². The third-order valence-corrected chi connectivity index (χ3v) is 14.6. The molecule has 2 nitrogen and oxygen atoms in total. The predicted octanol–water partition coefficient (Wildman–Crippen LogP) is 18.4. The smallest absolute Gasteiger partial charge is 0.0619 e. The highest BCUT2D eigenvalue weighted by atomic mass is 15.1. The second-order valence-electron chi connectivity index (χ2n) is 18.8. The number of anilines is 3. The van der Waals surface area contributed by atoms with Crippen LogP contribution in [0.2, 0.25) is 0 Å². The lowest BCUT2D eigenvalue weighted by Gasteiger charge is -2.29. The largest absolute Gasteiger partial charge is 0.310 e. The lowest BCUT2D eigenvalue weighted by molar-refractivity contribution is 0.660. The maximum Gasteiger partial charge on any atom is 0.0619 e. The Labute approximate surface area is 403 Å². The van der Waals surface area contributed by atoms with E-state index in [1.807, 2.05) is 0 Å². The van der Waals surface area contributed by atoms with E-state index in [4.69, 9.17) is 0 Å². The summed E-state index contributed by atoms with van der Waals surface area (Å²) in [5.74, 6) is 0.